The molecule has 0 aromatic heterocycles. The van der Waals surface area contributed by atoms with E-state index in [2.05, 4.69) is 4.72 Å². The molecule has 0 bridgehead atoms. The molecule has 1 N–H and O–H groups in total. The third kappa shape index (κ3) is 3.82. The molecule has 1 aliphatic heterocycles. The molecule has 7 heteroatoms. The summed E-state index contributed by atoms with van der Waals surface area (Å²) < 4.78 is 45.9. The molecular formula is C21H27NO5S. The Balaban J connectivity index is 2.00. The van der Waals surface area contributed by atoms with Gasteiger partial charge in [-0.2, -0.15) is 0 Å². The van der Waals surface area contributed by atoms with E-state index in [4.69, 9.17) is 14.2 Å². The van der Waals surface area contributed by atoms with Gasteiger partial charge < -0.3 is 14.2 Å². The summed E-state index contributed by atoms with van der Waals surface area (Å²) in [5.41, 5.74) is 1.76. The van der Waals surface area contributed by atoms with Crippen LogP contribution in [0.1, 0.15) is 43.0 Å². The number of rotatable bonds is 5. The highest BCUT2D eigenvalue weighted by molar-refractivity contribution is 7.89. The first-order valence-electron chi connectivity index (χ1n) is 9.11. The van der Waals surface area contributed by atoms with Crippen LogP contribution in [-0.2, 0) is 10.0 Å². The van der Waals surface area contributed by atoms with Crippen molar-refractivity contribution in [2.24, 2.45) is 0 Å². The van der Waals surface area contributed by atoms with Gasteiger partial charge in [0.1, 0.15) is 22.8 Å². The summed E-state index contributed by atoms with van der Waals surface area (Å²) in [5.74, 6) is 1.96. The number of ether oxygens (including phenoxy) is 3. The maximum absolute atomic E-state index is 13.2. The van der Waals surface area contributed by atoms with E-state index in [1.807, 2.05) is 32.9 Å². The van der Waals surface area contributed by atoms with E-state index >= 15 is 0 Å². The zero-order chi connectivity index (χ0) is 20.7. The van der Waals surface area contributed by atoms with E-state index in [9.17, 15) is 8.42 Å². The number of benzene rings is 2. The topological polar surface area (TPSA) is 73.9 Å². The van der Waals surface area contributed by atoms with Crippen molar-refractivity contribution < 1.29 is 22.6 Å². The van der Waals surface area contributed by atoms with Gasteiger partial charge in [0.15, 0.2) is 0 Å². The van der Waals surface area contributed by atoms with E-state index in [0.29, 0.717) is 29.2 Å². The summed E-state index contributed by atoms with van der Waals surface area (Å²) in [6.45, 7) is 7.53. The smallest absolute Gasteiger partial charge is 0.241 e. The van der Waals surface area contributed by atoms with Gasteiger partial charge in [-0.05, 0) is 57.0 Å². The zero-order valence-electron chi connectivity index (χ0n) is 17.1. The summed E-state index contributed by atoms with van der Waals surface area (Å²) in [6.07, 6.45) is 0.514. The Morgan fingerprint density at radius 3 is 2.43 bits per heavy atom. The van der Waals surface area contributed by atoms with Gasteiger partial charge in [0, 0.05) is 18.1 Å². The molecule has 152 valence electrons. The molecular weight excluding hydrogens is 378 g/mol. The quantitative estimate of drug-likeness (QED) is 0.817. The lowest BCUT2D eigenvalue weighted by Gasteiger charge is -2.38. The van der Waals surface area contributed by atoms with Crippen molar-refractivity contribution in [1.82, 2.24) is 4.72 Å². The van der Waals surface area contributed by atoms with Gasteiger partial charge in [-0.25, -0.2) is 13.1 Å². The van der Waals surface area contributed by atoms with Gasteiger partial charge in [-0.3, -0.25) is 0 Å². The Morgan fingerprint density at radius 1 is 1.07 bits per heavy atom. The molecule has 0 spiro atoms. The molecule has 1 unspecified atom stereocenters. The molecule has 1 aliphatic rings. The van der Waals surface area contributed by atoms with E-state index in [-0.39, 0.29) is 4.90 Å². The molecule has 0 amide bonds. The zero-order valence-corrected chi connectivity index (χ0v) is 17.9. The minimum Gasteiger partial charge on any atom is -0.497 e. The van der Waals surface area contributed by atoms with Crippen molar-refractivity contribution in [3.8, 4) is 17.2 Å². The molecule has 3 rings (SSSR count). The average Bonchev–Trinajstić information content (AvgIpc) is 2.61. The SMILES string of the molecule is COc1ccc2c(c1)OC(C)(C)CC2NS(=O)(=O)c1ccc(OC)c(C)c1C. The molecule has 1 atom stereocenters. The number of hydrogen-bond donors (Lipinski definition) is 1. The van der Waals surface area contributed by atoms with Crippen LogP contribution in [0, 0.1) is 13.8 Å². The molecule has 2 aromatic carbocycles. The minimum atomic E-state index is -3.74. The van der Waals surface area contributed by atoms with Crippen LogP contribution in [-0.4, -0.2) is 28.2 Å². The summed E-state index contributed by atoms with van der Waals surface area (Å²) in [6, 6.07) is 8.32. The number of methoxy groups -OCH3 is 2. The lowest BCUT2D eigenvalue weighted by atomic mass is 9.90. The molecule has 0 saturated heterocycles. The first kappa shape index (κ1) is 20.5. The Bertz CT molecular complexity index is 998. The largest absolute Gasteiger partial charge is 0.497 e. The fourth-order valence-corrected chi connectivity index (χ4v) is 5.11. The predicted octanol–water partition coefficient (Wildman–Crippen LogP) is 3.90. The van der Waals surface area contributed by atoms with Crippen molar-refractivity contribution in [1.29, 1.82) is 0 Å². The van der Waals surface area contributed by atoms with Crippen LogP contribution >= 0.6 is 0 Å². The maximum Gasteiger partial charge on any atom is 0.241 e. The first-order chi connectivity index (χ1) is 13.1. The monoisotopic (exact) mass is 405 g/mol. The third-order valence-corrected chi connectivity index (χ3v) is 6.79. The molecule has 0 saturated carbocycles. The highest BCUT2D eigenvalue weighted by Crippen LogP contribution is 2.42. The Hall–Kier alpha value is -2.25. The summed E-state index contributed by atoms with van der Waals surface area (Å²) in [5, 5.41) is 0. The third-order valence-electron chi connectivity index (χ3n) is 5.17. The lowest BCUT2D eigenvalue weighted by molar-refractivity contribution is 0.0699. The van der Waals surface area contributed by atoms with Crippen LogP contribution in [0.25, 0.3) is 0 Å². The summed E-state index contributed by atoms with van der Waals surface area (Å²) in [4.78, 5) is 0.255. The van der Waals surface area contributed by atoms with Gasteiger partial charge in [-0.15, -0.1) is 0 Å². The predicted molar refractivity (Wildman–Crippen MR) is 108 cm³/mol. The normalized spacial score (nSPS) is 18.1. The fourth-order valence-electron chi connectivity index (χ4n) is 3.60. The molecule has 0 fully saturated rings. The van der Waals surface area contributed by atoms with Gasteiger partial charge in [0.2, 0.25) is 10.0 Å². The standard InChI is InChI=1S/C21H27NO5S/c1-13-14(2)20(10-9-18(13)26-6)28(23,24)22-17-12-21(3,4)27-19-11-15(25-5)7-8-16(17)19/h7-11,17,22H,12H2,1-6H3. The van der Waals surface area contributed by atoms with Crippen molar-refractivity contribution in [3.05, 3.63) is 47.0 Å². The Kier molecular flexibility index (Phi) is 5.34. The van der Waals surface area contributed by atoms with Crippen molar-refractivity contribution in [2.75, 3.05) is 14.2 Å². The number of fused-ring (bicyclic) bond motifs is 1. The van der Waals surface area contributed by atoms with Crippen LogP contribution in [0.5, 0.6) is 17.2 Å². The molecule has 28 heavy (non-hydrogen) atoms. The molecule has 0 radical (unpaired) electrons. The van der Waals surface area contributed by atoms with Crippen LogP contribution in [0.2, 0.25) is 0 Å². The number of hydrogen-bond acceptors (Lipinski definition) is 5. The molecule has 6 nitrogen and oxygen atoms in total. The van der Waals surface area contributed by atoms with Crippen molar-refractivity contribution in [3.63, 3.8) is 0 Å². The maximum atomic E-state index is 13.2. The first-order valence-corrected chi connectivity index (χ1v) is 10.6. The van der Waals surface area contributed by atoms with E-state index in [1.54, 1.807) is 39.3 Å². The van der Waals surface area contributed by atoms with E-state index in [0.717, 1.165) is 11.1 Å². The van der Waals surface area contributed by atoms with Gasteiger partial charge in [0.05, 0.1) is 25.2 Å². The molecule has 0 aliphatic carbocycles. The fraction of sp³-hybridized carbons (Fsp3) is 0.429. The Labute approximate surface area is 166 Å². The average molecular weight is 406 g/mol. The molecule has 1 heterocycles. The van der Waals surface area contributed by atoms with Gasteiger partial charge in [0.25, 0.3) is 0 Å². The van der Waals surface area contributed by atoms with Gasteiger partial charge in [-0.1, -0.05) is 6.07 Å². The summed E-state index contributed by atoms with van der Waals surface area (Å²) >= 11 is 0. The number of sulfonamides is 1. The second kappa shape index (κ2) is 7.29. The van der Waals surface area contributed by atoms with Crippen LogP contribution in [0.3, 0.4) is 0 Å². The van der Waals surface area contributed by atoms with Crippen LogP contribution in [0.4, 0.5) is 0 Å². The van der Waals surface area contributed by atoms with Crippen LogP contribution in [0.15, 0.2) is 35.2 Å². The van der Waals surface area contributed by atoms with E-state index in [1.165, 1.54) is 0 Å². The lowest BCUT2D eigenvalue weighted by Crippen LogP contribution is -2.41. The Morgan fingerprint density at radius 2 is 1.79 bits per heavy atom. The second-order valence-electron chi connectivity index (χ2n) is 7.66. The van der Waals surface area contributed by atoms with Gasteiger partial charge >= 0.3 is 0 Å². The van der Waals surface area contributed by atoms with E-state index < -0.39 is 21.7 Å². The van der Waals surface area contributed by atoms with Crippen molar-refractivity contribution >= 4 is 10.0 Å². The summed E-state index contributed by atoms with van der Waals surface area (Å²) in [7, 11) is -0.578. The molecule has 2 aromatic rings. The van der Waals surface area contributed by atoms with Crippen molar-refractivity contribution in [2.45, 2.75) is 50.7 Å². The second-order valence-corrected chi connectivity index (χ2v) is 9.34. The number of nitrogens with one attached hydrogen (secondary N) is 1. The van der Waals surface area contributed by atoms with Crippen LogP contribution < -0.4 is 18.9 Å². The highest BCUT2D eigenvalue weighted by Gasteiger charge is 2.36. The minimum absolute atomic E-state index is 0.255. The highest BCUT2D eigenvalue weighted by atomic mass is 32.2.